The molecule has 1 amide bonds. The van der Waals surface area contributed by atoms with Gasteiger partial charge in [0.15, 0.2) is 5.76 Å². The van der Waals surface area contributed by atoms with Crippen molar-refractivity contribution in [2.24, 2.45) is 0 Å². The standard InChI is InChI=1S/C37H35F3N2O5S.Na/c1-36(2,3)29-18-16-26(17-19-29)31(22-24-8-10-28(11-9-24)35(43)41-20-21-48(44,45)46)33-23-34(47-42-33)27-14-12-25(13-15-27)30-6-4-5-7-32(30)37(38,39)40;/h4-19,23,31H,20-22H2,1-3H3,(H,41,43)(H,44,45,46);/q;+1/p-1. The van der Waals surface area contributed by atoms with Crippen LogP contribution in [-0.4, -0.2) is 36.3 Å². The summed E-state index contributed by atoms with van der Waals surface area (Å²) in [5.41, 5.74) is 4.45. The maximum atomic E-state index is 13.6. The summed E-state index contributed by atoms with van der Waals surface area (Å²) in [6, 6.07) is 29.1. The van der Waals surface area contributed by atoms with Gasteiger partial charge in [0.25, 0.3) is 5.91 Å². The van der Waals surface area contributed by atoms with Gasteiger partial charge in [0, 0.05) is 29.7 Å². The molecule has 1 aromatic heterocycles. The van der Waals surface area contributed by atoms with Gasteiger partial charge in [-0.25, -0.2) is 8.42 Å². The normalized spacial score (nSPS) is 12.6. The van der Waals surface area contributed by atoms with E-state index in [2.05, 4.69) is 55.5 Å². The largest absolute Gasteiger partial charge is 1.00 e. The minimum atomic E-state index is -4.48. The minimum absolute atomic E-state index is 0. The Balaban J connectivity index is 0.00000541. The van der Waals surface area contributed by atoms with Crippen molar-refractivity contribution >= 4 is 16.0 Å². The number of aromatic nitrogens is 1. The summed E-state index contributed by atoms with van der Waals surface area (Å²) >= 11 is 0. The molecule has 1 atom stereocenters. The smallest absolute Gasteiger partial charge is 0.748 e. The van der Waals surface area contributed by atoms with Gasteiger partial charge in [0.1, 0.15) is 0 Å². The maximum Gasteiger partial charge on any atom is 1.00 e. The van der Waals surface area contributed by atoms with Gasteiger partial charge in [0.2, 0.25) is 0 Å². The van der Waals surface area contributed by atoms with Crippen molar-refractivity contribution in [3.05, 3.63) is 137 Å². The Kier molecular flexibility index (Phi) is 12.0. The first-order valence-corrected chi connectivity index (χ1v) is 16.8. The number of benzene rings is 4. The number of hydrogen-bond acceptors (Lipinski definition) is 6. The van der Waals surface area contributed by atoms with E-state index in [4.69, 9.17) is 4.52 Å². The van der Waals surface area contributed by atoms with E-state index < -0.39 is 33.5 Å². The van der Waals surface area contributed by atoms with Crippen LogP contribution in [0.5, 0.6) is 0 Å². The molecule has 1 heterocycles. The van der Waals surface area contributed by atoms with Gasteiger partial charge >= 0.3 is 35.7 Å². The van der Waals surface area contributed by atoms with Gasteiger partial charge in [-0.05, 0) is 57.9 Å². The molecule has 250 valence electrons. The van der Waals surface area contributed by atoms with Crippen LogP contribution >= 0.6 is 0 Å². The van der Waals surface area contributed by atoms with Crippen molar-refractivity contribution < 1.29 is 65.0 Å². The van der Waals surface area contributed by atoms with E-state index in [1.807, 2.05) is 6.07 Å². The Morgan fingerprint density at radius 2 is 1.49 bits per heavy atom. The number of hydrogen-bond donors (Lipinski definition) is 1. The van der Waals surface area contributed by atoms with Gasteiger partial charge in [0.05, 0.1) is 27.1 Å². The number of nitrogens with zero attached hydrogens (tertiary/aromatic N) is 1. The van der Waals surface area contributed by atoms with E-state index >= 15 is 0 Å². The zero-order valence-electron chi connectivity index (χ0n) is 27.5. The molecule has 12 heteroatoms. The van der Waals surface area contributed by atoms with E-state index in [0.717, 1.165) is 22.8 Å². The van der Waals surface area contributed by atoms with Crippen molar-refractivity contribution in [2.75, 3.05) is 12.3 Å². The number of nitrogens with one attached hydrogen (secondary N) is 1. The summed E-state index contributed by atoms with van der Waals surface area (Å²) in [5, 5.41) is 6.84. The first-order chi connectivity index (χ1) is 22.6. The first-order valence-electron chi connectivity index (χ1n) is 15.2. The van der Waals surface area contributed by atoms with Crippen LogP contribution in [-0.2, 0) is 28.1 Å². The van der Waals surface area contributed by atoms with Crippen LogP contribution < -0.4 is 34.9 Å². The fraction of sp³-hybridized carbons (Fsp3) is 0.243. The molecule has 7 nitrogen and oxygen atoms in total. The van der Waals surface area contributed by atoms with Crippen molar-refractivity contribution in [3.8, 4) is 22.5 Å². The summed E-state index contributed by atoms with van der Waals surface area (Å²) in [5.74, 6) is -0.962. The molecular formula is C37H34F3N2NaO5S. The van der Waals surface area contributed by atoms with Crippen LogP contribution in [0.2, 0.25) is 0 Å². The van der Waals surface area contributed by atoms with Crippen molar-refractivity contribution in [2.45, 2.75) is 44.7 Å². The van der Waals surface area contributed by atoms with E-state index in [1.54, 1.807) is 54.6 Å². The van der Waals surface area contributed by atoms with Crippen LogP contribution in [0, 0.1) is 0 Å². The number of carbonyl (C=O) groups excluding carboxylic acids is 1. The third kappa shape index (κ3) is 9.92. The van der Waals surface area contributed by atoms with Gasteiger partial charge < -0.3 is 14.4 Å². The third-order valence-electron chi connectivity index (χ3n) is 8.07. The SMILES string of the molecule is CC(C)(C)c1ccc(C(Cc2ccc(C(=O)NCCS(=O)(=O)[O-])cc2)c2cc(-c3ccc(-c4ccccc4C(F)(F)F)cc3)on2)cc1.[Na+]. The van der Waals surface area contributed by atoms with Crippen LogP contribution in [0.4, 0.5) is 13.2 Å². The molecule has 4 aromatic carbocycles. The van der Waals surface area contributed by atoms with Gasteiger partial charge in [-0.1, -0.05) is 105 Å². The number of amides is 1. The van der Waals surface area contributed by atoms with Crippen LogP contribution in [0.3, 0.4) is 0 Å². The van der Waals surface area contributed by atoms with Gasteiger partial charge in [-0.2, -0.15) is 13.2 Å². The summed E-state index contributed by atoms with van der Waals surface area (Å²) in [6.45, 7) is 6.12. The summed E-state index contributed by atoms with van der Waals surface area (Å²) in [6.07, 6.45) is -3.98. The molecular weight excluding hydrogens is 664 g/mol. The zero-order valence-corrected chi connectivity index (χ0v) is 30.4. The average Bonchev–Trinajstić information content (AvgIpc) is 3.53. The Morgan fingerprint density at radius 1 is 0.878 bits per heavy atom. The molecule has 0 spiro atoms. The molecule has 0 radical (unpaired) electrons. The summed E-state index contributed by atoms with van der Waals surface area (Å²) in [7, 11) is -4.44. The van der Waals surface area contributed by atoms with E-state index in [1.165, 1.54) is 12.1 Å². The fourth-order valence-corrected chi connectivity index (χ4v) is 5.77. The Morgan fingerprint density at radius 3 is 2.08 bits per heavy atom. The van der Waals surface area contributed by atoms with Crippen LogP contribution in [0.1, 0.15) is 65.0 Å². The number of rotatable bonds is 10. The second kappa shape index (κ2) is 15.4. The van der Waals surface area contributed by atoms with Crippen molar-refractivity contribution in [3.63, 3.8) is 0 Å². The Hall–Kier alpha value is -3.74. The average molecular weight is 699 g/mol. The maximum absolute atomic E-state index is 13.6. The summed E-state index contributed by atoms with van der Waals surface area (Å²) < 4.78 is 79.1. The van der Waals surface area contributed by atoms with E-state index in [-0.39, 0.29) is 53.0 Å². The zero-order chi connectivity index (χ0) is 34.7. The number of alkyl halides is 3. The fourth-order valence-electron chi connectivity index (χ4n) is 5.41. The summed E-state index contributed by atoms with van der Waals surface area (Å²) in [4.78, 5) is 12.4. The molecule has 0 aliphatic rings. The molecule has 0 aliphatic heterocycles. The molecule has 49 heavy (non-hydrogen) atoms. The van der Waals surface area contributed by atoms with E-state index in [9.17, 15) is 30.9 Å². The molecule has 0 fully saturated rings. The molecule has 0 saturated carbocycles. The topological polar surface area (TPSA) is 112 Å². The molecule has 1 N–H and O–H groups in total. The van der Waals surface area contributed by atoms with E-state index in [0.29, 0.717) is 34.6 Å². The molecule has 0 aliphatic carbocycles. The third-order valence-corrected chi connectivity index (χ3v) is 8.78. The molecule has 5 rings (SSSR count). The van der Waals surface area contributed by atoms with Gasteiger partial charge in [-0.15, -0.1) is 0 Å². The van der Waals surface area contributed by atoms with Crippen molar-refractivity contribution in [1.82, 2.24) is 10.5 Å². The number of carbonyl (C=O) groups is 1. The van der Waals surface area contributed by atoms with Crippen molar-refractivity contribution in [1.29, 1.82) is 0 Å². The number of halogens is 3. The Labute approximate surface area is 306 Å². The second-order valence-corrected chi connectivity index (χ2v) is 14.1. The van der Waals surface area contributed by atoms with Crippen LogP contribution in [0.15, 0.2) is 108 Å². The predicted octanol–water partition coefficient (Wildman–Crippen LogP) is 4.98. The molecule has 1 unspecified atom stereocenters. The predicted molar refractivity (Wildman–Crippen MR) is 176 cm³/mol. The van der Waals surface area contributed by atoms with Crippen LogP contribution in [0.25, 0.3) is 22.5 Å². The second-order valence-electron chi connectivity index (χ2n) is 12.6. The van der Waals surface area contributed by atoms with Gasteiger partial charge in [-0.3, -0.25) is 4.79 Å². The molecule has 0 bridgehead atoms. The first kappa shape index (κ1) is 38.1. The monoisotopic (exact) mass is 698 g/mol. The quantitative estimate of drug-likeness (QED) is 0.163. The molecule has 0 saturated heterocycles. The molecule has 5 aromatic rings. The minimum Gasteiger partial charge on any atom is -0.748 e. The Bertz CT molecular complexity index is 1990.